The molecule has 0 amide bonds. The number of hydrogen-bond donors (Lipinski definition) is 0. The molecular weight excluding hydrogens is 164 g/mol. The lowest BCUT2D eigenvalue weighted by Gasteiger charge is -2.10. The monoisotopic (exact) mass is 180 g/mol. The van der Waals surface area contributed by atoms with Gasteiger partial charge in [-0.05, 0) is 28.2 Å². The highest BCUT2D eigenvalue weighted by molar-refractivity contribution is 8.00. The molecule has 0 unspecified atom stereocenters. The highest BCUT2D eigenvalue weighted by Gasteiger charge is 1.92. The molecule has 0 rings (SSSR count). The van der Waals surface area contributed by atoms with E-state index in [1.165, 1.54) is 11.5 Å². The van der Waals surface area contributed by atoms with Crippen molar-refractivity contribution in [1.29, 1.82) is 0 Å². The molecule has 2 nitrogen and oxygen atoms in total. The first kappa shape index (κ1) is 10.6. The molecule has 0 aliphatic carbocycles. The third kappa shape index (κ3) is 8.62. The lowest BCUT2D eigenvalue weighted by Crippen LogP contribution is -2.05. The summed E-state index contributed by atoms with van der Waals surface area (Å²) in [4.78, 5) is 0. The summed E-state index contributed by atoms with van der Waals surface area (Å²) in [5.74, 6) is 2.38. The molecule has 0 aromatic heterocycles. The normalized spacial score (nSPS) is 11.4. The standard InChI is InChI=1S/C6H16N2S2/c1-7(2)9-5-6-10-8(3)4/h5-6H2,1-4H3. The van der Waals surface area contributed by atoms with E-state index in [9.17, 15) is 0 Å². The fraction of sp³-hybridized carbons (Fsp3) is 1.00. The first-order valence-electron chi connectivity index (χ1n) is 3.23. The molecule has 0 bridgehead atoms. The highest BCUT2D eigenvalue weighted by atomic mass is 32.2. The van der Waals surface area contributed by atoms with Crippen molar-refractivity contribution in [2.75, 3.05) is 39.7 Å². The van der Waals surface area contributed by atoms with Gasteiger partial charge in [-0.3, -0.25) is 8.61 Å². The zero-order chi connectivity index (χ0) is 7.98. The minimum Gasteiger partial charge on any atom is -0.257 e. The van der Waals surface area contributed by atoms with E-state index in [1.54, 1.807) is 0 Å². The third-order valence-corrected chi connectivity index (χ3v) is 2.85. The van der Waals surface area contributed by atoms with Crippen molar-refractivity contribution in [3.8, 4) is 0 Å². The summed E-state index contributed by atoms with van der Waals surface area (Å²) in [6, 6.07) is 0. The summed E-state index contributed by atoms with van der Waals surface area (Å²) in [5, 5.41) is 0. The molecule has 0 spiro atoms. The second-order valence-corrected chi connectivity index (χ2v) is 5.08. The zero-order valence-electron chi connectivity index (χ0n) is 7.13. The van der Waals surface area contributed by atoms with Crippen LogP contribution in [0.1, 0.15) is 0 Å². The second kappa shape index (κ2) is 6.34. The first-order chi connectivity index (χ1) is 4.63. The van der Waals surface area contributed by atoms with Crippen LogP contribution in [-0.2, 0) is 0 Å². The van der Waals surface area contributed by atoms with Gasteiger partial charge in [-0.1, -0.05) is 23.9 Å². The van der Waals surface area contributed by atoms with E-state index in [0.717, 1.165) is 0 Å². The van der Waals surface area contributed by atoms with Crippen molar-refractivity contribution in [1.82, 2.24) is 8.61 Å². The van der Waals surface area contributed by atoms with Crippen LogP contribution in [0.2, 0.25) is 0 Å². The van der Waals surface area contributed by atoms with Crippen molar-refractivity contribution in [2.45, 2.75) is 0 Å². The Bertz CT molecular complexity index is 66.1. The highest BCUT2D eigenvalue weighted by Crippen LogP contribution is 2.09. The molecule has 0 saturated carbocycles. The molecule has 0 fully saturated rings. The fourth-order valence-corrected chi connectivity index (χ4v) is 1.77. The summed E-state index contributed by atoms with van der Waals surface area (Å²) in [6.07, 6.45) is 0. The van der Waals surface area contributed by atoms with E-state index >= 15 is 0 Å². The molecule has 0 radical (unpaired) electrons. The maximum absolute atomic E-state index is 2.14. The van der Waals surface area contributed by atoms with E-state index < -0.39 is 0 Å². The van der Waals surface area contributed by atoms with Crippen LogP contribution in [0.25, 0.3) is 0 Å². The lowest BCUT2D eigenvalue weighted by atomic mass is 11.0. The van der Waals surface area contributed by atoms with Gasteiger partial charge >= 0.3 is 0 Å². The van der Waals surface area contributed by atoms with Gasteiger partial charge in [-0.25, -0.2) is 0 Å². The van der Waals surface area contributed by atoms with E-state index in [-0.39, 0.29) is 0 Å². The Balaban J connectivity index is 2.91. The van der Waals surface area contributed by atoms with Crippen LogP contribution in [0.5, 0.6) is 0 Å². The molecule has 0 aromatic carbocycles. The molecule has 62 valence electrons. The van der Waals surface area contributed by atoms with Crippen LogP contribution in [-0.4, -0.2) is 48.3 Å². The smallest absolute Gasteiger partial charge is 0.0184 e. The predicted octanol–water partition coefficient (Wildman–Crippen LogP) is 1.41. The Hall–Kier alpha value is 0.620. The zero-order valence-corrected chi connectivity index (χ0v) is 8.76. The van der Waals surface area contributed by atoms with Crippen LogP contribution in [0.15, 0.2) is 0 Å². The molecule has 0 aromatic rings. The maximum atomic E-state index is 2.14. The molecule has 0 heterocycles. The maximum Gasteiger partial charge on any atom is 0.0184 e. The Morgan fingerprint density at radius 2 is 1.10 bits per heavy atom. The van der Waals surface area contributed by atoms with Gasteiger partial charge in [0.25, 0.3) is 0 Å². The third-order valence-electron chi connectivity index (χ3n) is 0.782. The number of hydrogen-bond acceptors (Lipinski definition) is 4. The summed E-state index contributed by atoms with van der Waals surface area (Å²) in [5.41, 5.74) is 0. The quantitative estimate of drug-likeness (QED) is 0.466. The topological polar surface area (TPSA) is 6.48 Å². The first-order valence-corrected chi connectivity index (χ1v) is 5.12. The van der Waals surface area contributed by atoms with Crippen molar-refractivity contribution in [3.63, 3.8) is 0 Å². The minimum absolute atomic E-state index is 1.19. The predicted molar refractivity (Wildman–Crippen MR) is 52.3 cm³/mol. The van der Waals surface area contributed by atoms with Gasteiger partial charge in [0.05, 0.1) is 0 Å². The van der Waals surface area contributed by atoms with Crippen LogP contribution in [0.3, 0.4) is 0 Å². The Kier molecular flexibility index (Phi) is 6.73. The van der Waals surface area contributed by atoms with Gasteiger partial charge in [0.15, 0.2) is 0 Å². The fourth-order valence-electron chi connectivity index (χ4n) is 0.440. The van der Waals surface area contributed by atoms with Crippen LogP contribution in [0.4, 0.5) is 0 Å². The van der Waals surface area contributed by atoms with Gasteiger partial charge < -0.3 is 0 Å². The van der Waals surface area contributed by atoms with Crippen molar-refractivity contribution < 1.29 is 0 Å². The Morgan fingerprint density at radius 3 is 1.30 bits per heavy atom. The van der Waals surface area contributed by atoms with Gasteiger partial charge in [0.1, 0.15) is 0 Å². The van der Waals surface area contributed by atoms with Crippen LogP contribution < -0.4 is 0 Å². The molecule has 4 heteroatoms. The summed E-state index contributed by atoms with van der Waals surface area (Å²) in [7, 11) is 8.30. The second-order valence-electron chi connectivity index (χ2n) is 2.29. The van der Waals surface area contributed by atoms with Gasteiger partial charge in [0.2, 0.25) is 0 Å². The Morgan fingerprint density at radius 1 is 0.800 bits per heavy atom. The van der Waals surface area contributed by atoms with Gasteiger partial charge in [-0.2, -0.15) is 0 Å². The minimum atomic E-state index is 1.19. The summed E-state index contributed by atoms with van der Waals surface area (Å²) >= 11 is 3.72. The molecule has 0 aliphatic heterocycles. The SMILES string of the molecule is CN(C)SCCSN(C)C. The summed E-state index contributed by atoms with van der Waals surface area (Å²) in [6.45, 7) is 0. The molecular formula is C6H16N2S2. The van der Waals surface area contributed by atoms with Crippen molar-refractivity contribution in [2.24, 2.45) is 0 Å². The number of rotatable bonds is 5. The van der Waals surface area contributed by atoms with Gasteiger partial charge in [0, 0.05) is 11.5 Å². The average Bonchev–Trinajstić information content (AvgIpc) is 1.79. The molecule has 0 aliphatic rings. The van der Waals surface area contributed by atoms with Gasteiger partial charge in [-0.15, -0.1) is 0 Å². The molecule has 0 atom stereocenters. The molecule has 0 N–H and O–H groups in total. The Labute approximate surface area is 72.6 Å². The molecule has 10 heavy (non-hydrogen) atoms. The lowest BCUT2D eigenvalue weighted by molar-refractivity contribution is 0.698. The van der Waals surface area contributed by atoms with Crippen molar-refractivity contribution >= 4 is 23.9 Å². The average molecular weight is 180 g/mol. The van der Waals surface area contributed by atoms with Crippen LogP contribution in [0, 0.1) is 0 Å². The van der Waals surface area contributed by atoms with E-state index in [1.807, 2.05) is 23.9 Å². The molecule has 0 saturated heterocycles. The van der Waals surface area contributed by atoms with E-state index in [4.69, 9.17) is 0 Å². The summed E-state index contributed by atoms with van der Waals surface area (Å²) < 4.78 is 4.27. The van der Waals surface area contributed by atoms with Crippen molar-refractivity contribution in [3.05, 3.63) is 0 Å². The number of nitrogens with zero attached hydrogens (tertiary/aromatic N) is 2. The largest absolute Gasteiger partial charge is 0.257 e. The van der Waals surface area contributed by atoms with Crippen LogP contribution >= 0.6 is 23.9 Å². The van der Waals surface area contributed by atoms with E-state index in [0.29, 0.717) is 0 Å². The van der Waals surface area contributed by atoms with E-state index in [2.05, 4.69) is 36.8 Å².